The smallest absolute Gasteiger partial charge is 0.143 e. The van der Waals surface area contributed by atoms with E-state index in [4.69, 9.17) is 10.3 Å². The highest BCUT2D eigenvalue weighted by molar-refractivity contribution is 5.15. The second-order valence-electron chi connectivity index (χ2n) is 2.57. The SMILES string of the molecule is CC(C)c1oncc1CN. The molecule has 0 radical (unpaired) electrons. The Kier molecular flexibility index (Phi) is 2.06. The molecule has 0 aromatic carbocycles. The first-order chi connectivity index (χ1) is 4.75. The molecule has 56 valence electrons. The number of hydrogen-bond donors (Lipinski definition) is 1. The van der Waals surface area contributed by atoms with Gasteiger partial charge in [0.1, 0.15) is 5.76 Å². The molecule has 0 atom stereocenters. The van der Waals surface area contributed by atoms with Gasteiger partial charge >= 0.3 is 0 Å². The van der Waals surface area contributed by atoms with Gasteiger partial charge in [0.25, 0.3) is 0 Å². The minimum absolute atomic E-state index is 0.376. The fourth-order valence-electron chi connectivity index (χ4n) is 0.898. The van der Waals surface area contributed by atoms with Crippen molar-refractivity contribution in [1.82, 2.24) is 5.16 Å². The molecule has 1 aromatic heterocycles. The third-order valence-corrected chi connectivity index (χ3v) is 1.42. The van der Waals surface area contributed by atoms with Crippen LogP contribution in [0.25, 0.3) is 0 Å². The summed E-state index contributed by atoms with van der Waals surface area (Å²) in [7, 11) is 0. The zero-order valence-corrected chi connectivity index (χ0v) is 6.29. The van der Waals surface area contributed by atoms with Gasteiger partial charge in [0.05, 0.1) is 6.20 Å². The van der Waals surface area contributed by atoms with Crippen LogP contribution in [-0.2, 0) is 6.54 Å². The van der Waals surface area contributed by atoms with E-state index in [0.29, 0.717) is 12.5 Å². The Bertz CT molecular complexity index is 205. The van der Waals surface area contributed by atoms with Crippen LogP contribution in [0.3, 0.4) is 0 Å². The molecule has 0 aliphatic rings. The third-order valence-electron chi connectivity index (χ3n) is 1.42. The van der Waals surface area contributed by atoms with Crippen molar-refractivity contribution in [3.8, 4) is 0 Å². The van der Waals surface area contributed by atoms with Crippen LogP contribution in [0.4, 0.5) is 0 Å². The van der Waals surface area contributed by atoms with Crippen molar-refractivity contribution in [2.45, 2.75) is 26.3 Å². The maximum Gasteiger partial charge on any atom is 0.143 e. The van der Waals surface area contributed by atoms with Crippen molar-refractivity contribution in [3.05, 3.63) is 17.5 Å². The number of nitrogens with two attached hydrogens (primary N) is 1. The predicted octanol–water partition coefficient (Wildman–Crippen LogP) is 1.26. The van der Waals surface area contributed by atoms with E-state index in [9.17, 15) is 0 Å². The van der Waals surface area contributed by atoms with E-state index < -0.39 is 0 Å². The van der Waals surface area contributed by atoms with Crippen molar-refractivity contribution < 1.29 is 4.52 Å². The Balaban J connectivity index is 2.90. The average Bonchev–Trinajstić information content (AvgIpc) is 2.33. The molecule has 0 amide bonds. The summed E-state index contributed by atoms with van der Waals surface area (Å²) in [5.41, 5.74) is 6.44. The minimum Gasteiger partial charge on any atom is -0.361 e. The Morgan fingerprint density at radius 1 is 1.70 bits per heavy atom. The van der Waals surface area contributed by atoms with Crippen LogP contribution in [0.1, 0.15) is 31.1 Å². The zero-order chi connectivity index (χ0) is 7.56. The van der Waals surface area contributed by atoms with E-state index in [1.165, 1.54) is 0 Å². The highest BCUT2D eigenvalue weighted by Gasteiger charge is 2.09. The molecule has 2 N–H and O–H groups in total. The Morgan fingerprint density at radius 2 is 2.40 bits per heavy atom. The second-order valence-corrected chi connectivity index (χ2v) is 2.57. The van der Waals surface area contributed by atoms with E-state index in [1.807, 2.05) is 0 Å². The van der Waals surface area contributed by atoms with Crippen LogP contribution in [0.15, 0.2) is 10.7 Å². The van der Waals surface area contributed by atoms with Crippen molar-refractivity contribution in [2.24, 2.45) is 5.73 Å². The Morgan fingerprint density at radius 3 is 2.80 bits per heavy atom. The van der Waals surface area contributed by atoms with Crippen LogP contribution < -0.4 is 5.73 Å². The second kappa shape index (κ2) is 2.84. The zero-order valence-electron chi connectivity index (χ0n) is 6.29. The van der Waals surface area contributed by atoms with Crippen LogP contribution in [0.2, 0.25) is 0 Å². The van der Waals surface area contributed by atoms with Gasteiger partial charge in [-0.25, -0.2) is 0 Å². The lowest BCUT2D eigenvalue weighted by Gasteiger charge is -1.99. The largest absolute Gasteiger partial charge is 0.361 e. The highest BCUT2D eigenvalue weighted by atomic mass is 16.5. The van der Waals surface area contributed by atoms with E-state index >= 15 is 0 Å². The Labute approximate surface area is 60.2 Å². The van der Waals surface area contributed by atoms with Gasteiger partial charge in [0, 0.05) is 18.0 Å². The third kappa shape index (κ3) is 1.19. The summed E-state index contributed by atoms with van der Waals surface area (Å²) in [5, 5.41) is 3.66. The van der Waals surface area contributed by atoms with Crippen molar-refractivity contribution in [1.29, 1.82) is 0 Å². The summed E-state index contributed by atoms with van der Waals surface area (Å²) in [6.45, 7) is 4.62. The lowest BCUT2D eigenvalue weighted by atomic mass is 10.1. The van der Waals surface area contributed by atoms with Gasteiger partial charge in [0.2, 0.25) is 0 Å². The van der Waals surface area contributed by atoms with Gasteiger partial charge < -0.3 is 10.3 Å². The summed E-state index contributed by atoms with van der Waals surface area (Å²) in [6, 6.07) is 0. The van der Waals surface area contributed by atoms with E-state index in [2.05, 4.69) is 19.0 Å². The van der Waals surface area contributed by atoms with E-state index in [0.717, 1.165) is 11.3 Å². The molecule has 0 saturated heterocycles. The maximum atomic E-state index is 5.43. The Hall–Kier alpha value is -0.830. The van der Waals surface area contributed by atoms with Gasteiger partial charge in [-0.2, -0.15) is 0 Å². The van der Waals surface area contributed by atoms with E-state index in [1.54, 1.807) is 6.20 Å². The molecular weight excluding hydrogens is 128 g/mol. The quantitative estimate of drug-likeness (QED) is 0.672. The van der Waals surface area contributed by atoms with Crippen molar-refractivity contribution in [3.63, 3.8) is 0 Å². The molecule has 0 spiro atoms. The van der Waals surface area contributed by atoms with Gasteiger partial charge in [-0.15, -0.1) is 0 Å². The van der Waals surface area contributed by atoms with Gasteiger partial charge in [-0.3, -0.25) is 0 Å². The summed E-state index contributed by atoms with van der Waals surface area (Å²) >= 11 is 0. The number of nitrogens with zero attached hydrogens (tertiary/aromatic N) is 1. The standard InChI is InChI=1S/C7H12N2O/c1-5(2)7-6(3-8)4-9-10-7/h4-5H,3,8H2,1-2H3. The summed E-state index contributed by atoms with van der Waals surface area (Å²) in [4.78, 5) is 0. The summed E-state index contributed by atoms with van der Waals surface area (Å²) in [6.07, 6.45) is 1.68. The van der Waals surface area contributed by atoms with Crippen molar-refractivity contribution >= 4 is 0 Å². The van der Waals surface area contributed by atoms with Crippen LogP contribution in [-0.4, -0.2) is 5.16 Å². The molecule has 0 saturated carbocycles. The molecule has 1 rings (SSSR count). The highest BCUT2D eigenvalue weighted by Crippen LogP contribution is 2.17. The van der Waals surface area contributed by atoms with E-state index in [-0.39, 0.29) is 0 Å². The first kappa shape index (κ1) is 7.28. The summed E-state index contributed by atoms with van der Waals surface area (Å²) in [5.74, 6) is 1.28. The molecule has 3 nitrogen and oxygen atoms in total. The minimum atomic E-state index is 0.376. The topological polar surface area (TPSA) is 52.0 Å². The molecule has 3 heteroatoms. The molecule has 0 fully saturated rings. The molecule has 1 heterocycles. The lowest BCUT2D eigenvalue weighted by Crippen LogP contribution is -1.99. The van der Waals surface area contributed by atoms with Crippen LogP contribution in [0.5, 0.6) is 0 Å². The predicted molar refractivity (Wildman–Crippen MR) is 38.5 cm³/mol. The fourth-order valence-corrected chi connectivity index (χ4v) is 0.898. The van der Waals surface area contributed by atoms with Crippen LogP contribution >= 0.6 is 0 Å². The maximum absolute atomic E-state index is 5.43. The molecule has 0 aliphatic heterocycles. The summed E-state index contributed by atoms with van der Waals surface area (Å²) < 4.78 is 4.99. The van der Waals surface area contributed by atoms with Crippen molar-refractivity contribution in [2.75, 3.05) is 0 Å². The molecule has 0 aliphatic carbocycles. The molecule has 10 heavy (non-hydrogen) atoms. The number of rotatable bonds is 2. The molecular formula is C7H12N2O. The average molecular weight is 140 g/mol. The van der Waals surface area contributed by atoms with Crippen LogP contribution in [0, 0.1) is 0 Å². The fraction of sp³-hybridized carbons (Fsp3) is 0.571. The first-order valence-electron chi connectivity index (χ1n) is 3.39. The monoisotopic (exact) mass is 140 g/mol. The number of hydrogen-bond acceptors (Lipinski definition) is 3. The van der Waals surface area contributed by atoms with Gasteiger partial charge in [0.15, 0.2) is 0 Å². The number of aromatic nitrogens is 1. The molecule has 0 unspecified atom stereocenters. The van der Waals surface area contributed by atoms with Gasteiger partial charge in [-0.1, -0.05) is 19.0 Å². The molecule has 0 bridgehead atoms. The lowest BCUT2D eigenvalue weighted by molar-refractivity contribution is 0.369. The normalized spacial score (nSPS) is 10.8. The van der Waals surface area contributed by atoms with Gasteiger partial charge in [-0.05, 0) is 0 Å². The molecule has 1 aromatic rings. The first-order valence-corrected chi connectivity index (χ1v) is 3.39.